The van der Waals surface area contributed by atoms with E-state index >= 15 is 0 Å². The molecule has 10 heteroatoms. The second kappa shape index (κ2) is 6.35. The fourth-order valence-corrected chi connectivity index (χ4v) is 4.72. The Labute approximate surface area is 165 Å². The molecule has 0 unspecified atom stereocenters. The first-order valence-electron chi connectivity index (χ1n) is 8.36. The van der Waals surface area contributed by atoms with Crippen LogP contribution >= 0.6 is 11.3 Å². The fourth-order valence-electron chi connectivity index (χ4n) is 3.10. The summed E-state index contributed by atoms with van der Waals surface area (Å²) in [5.41, 5.74) is 3.18. The Kier molecular flexibility index (Phi) is 4.20. The lowest BCUT2D eigenvalue weighted by molar-refractivity contribution is 0.102. The number of pyridine rings is 1. The van der Waals surface area contributed by atoms with Crippen LogP contribution in [0.4, 0.5) is 5.13 Å². The number of carbonyl (C=O) groups is 1. The van der Waals surface area contributed by atoms with Gasteiger partial charge in [-0.25, -0.2) is 18.4 Å². The molecule has 0 fully saturated rings. The van der Waals surface area contributed by atoms with Crippen LogP contribution in [0, 0.1) is 13.8 Å². The largest absolute Gasteiger partial charge is 0.298 e. The lowest BCUT2D eigenvalue weighted by Crippen LogP contribution is -2.13. The van der Waals surface area contributed by atoms with E-state index < -0.39 is 9.84 Å². The Morgan fingerprint density at radius 2 is 1.93 bits per heavy atom. The van der Waals surface area contributed by atoms with E-state index in [4.69, 9.17) is 0 Å². The van der Waals surface area contributed by atoms with Gasteiger partial charge in [-0.1, -0.05) is 11.3 Å². The second-order valence-corrected chi connectivity index (χ2v) is 9.64. The number of nitrogens with zero attached hydrogens (tertiary/aromatic N) is 4. The number of hydrogen-bond donors (Lipinski definition) is 1. The SMILES string of the molecule is Cc1cc(C(=O)Nc2nc3ccc(S(C)(=O)=O)cc3s2)c2c(C)nn(C)c2n1. The van der Waals surface area contributed by atoms with Crippen molar-refractivity contribution in [3.8, 4) is 0 Å². The summed E-state index contributed by atoms with van der Waals surface area (Å²) in [4.78, 5) is 22.0. The Hall–Kier alpha value is -2.85. The first kappa shape index (κ1) is 18.5. The molecule has 0 saturated heterocycles. The Morgan fingerprint density at radius 1 is 1.18 bits per heavy atom. The summed E-state index contributed by atoms with van der Waals surface area (Å²) >= 11 is 1.23. The second-order valence-electron chi connectivity index (χ2n) is 6.59. The molecule has 0 atom stereocenters. The van der Waals surface area contributed by atoms with Crippen molar-refractivity contribution in [2.75, 3.05) is 11.6 Å². The van der Waals surface area contributed by atoms with Gasteiger partial charge in [0.05, 0.1) is 31.8 Å². The molecule has 0 aliphatic rings. The number of benzene rings is 1. The third-order valence-electron chi connectivity index (χ3n) is 4.35. The first-order valence-corrected chi connectivity index (χ1v) is 11.1. The lowest BCUT2D eigenvalue weighted by atomic mass is 10.1. The zero-order valence-corrected chi connectivity index (χ0v) is 17.3. The Morgan fingerprint density at radius 3 is 2.64 bits per heavy atom. The van der Waals surface area contributed by atoms with Gasteiger partial charge in [0.1, 0.15) is 0 Å². The molecule has 1 aromatic carbocycles. The van der Waals surface area contributed by atoms with Crippen LogP contribution in [0.5, 0.6) is 0 Å². The van der Waals surface area contributed by atoms with Crippen molar-refractivity contribution in [2.45, 2.75) is 18.7 Å². The number of anilines is 1. The first-order chi connectivity index (χ1) is 13.1. The quantitative estimate of drug-likeness (QED) is 0.551. The van der Waals surface area contributed by atoms with Gasteiger partial charge in [-0.3, -0.25) is 14.8 Å². The molecule has 144 valence electrons. The third-order valence-corrected chi connectivity index (χ3v) is 6.39. The number of sulfone groups is 1. The predicted octanol–water partition coefficient (Wildman–Crippen LogP) is 2.85. The van der Waals surface area contributed by atoms with Gasteiger partial charge in [0.15, 0.2) is 20.6 Å². The van der Waals surface area contributed by atoms with Gasteiger partial charge in [-0.2, -0.15) is 5.10 Å². The average Bonchev–Trinajstić information content (AvgIpc) is 3.13. The highest BCUT2D eigenvalue weighted by atomic mass is 32.2. The van der Waals surface area contributed by atoms with Gasteiger partial charge in [-0.05, 0) is 38.1 Å². The number of aryl methyl sites for hydroxylation is 3. The lowest BCUT2D eigenvalue weighted by Gasteiger charge is -2.05. The third kappa shape index (κ3) is 3.14. The molecule has 0 bridgehead atoms. The van der Waals surface area contributed by atoms with Crippen molar-refractivity contribution >= 4 is 53.5 Å². The van der Waals surface area contributed by atoms with Crippen molar-refractivity contribution in [1.29, 1.82) is 0 Å². The van der Waals surface area contributed by atoms with Gasteiger partial charge in [0.25, 0.3) is 5.91 Å². The van der Waals surface area contributed by atoms with E-state index in [9.17, 15) is 13.2 Å². The van der Waals surface area contributed by atoms with Gasteiger partial charge >= 0.3 is 0 Å². The van der Waals surface area contributed by atoms with Crippen LogP contribution in [-0.4, -0.2) is 40.3 Å². The van der Waals surface area contributed by atoms with E-state index in [-0.39, 0.29) is 10.8 Å². The van der Waals surface area contributed by atoms with Crippen molar-refractivity contribution in [2.24, 2.45) is 7.05 Å². The van der Waals surface area contributed by atoms with Crippen molar-refractivity contribution in [3.63, 3.8) is 0 Å². The smallest absolute Gasteiger partial charge is 0.258 e. The number of nitrogens with one attached hydrogen (secondary N) is 1. The zero-order chi connectivity index (χ0) is 20.2. The summed E-state index contributed by atoms with van der Waals surface area (Å²) in [6.07, 6.45) is 1.16. The standard InChI is InChI=1S/C18H17N5O3S2/c1-9-7-12(15-10(2)22-23(3)16(15)19-9)17(24)21-18-20-13-6-5-11(28(4,25)26)8-14(13)27-18/h5-8H,1-4H3,(H,20,21,24). The van der Waals surface area contributed by atoms with Crippen molar-refractivity contribution in [1.82, 2.24) is 19.7 Å². The number of thiazole rings is 1. The van der Waals surface area contributed by atoms with Crippen LogP contribution in [0.3, 0.4) is 0 Å². The van der Waals surface area contributed by atoms with E-state index in [0.29, 0.717) is 37.6 Å². The van der Waals surface area contributed by atoms with E-state index in [1.54, 1.807) is 29.9 Å². The number of hydrogen-bond acceptors (Lipinski definition) is 7. The number of fused-ring (bicyclic) bond motifs is 2. The molecule has 8 nitrogen and oxygen atoms in total. The van der Waals surface area contributed by atoms with Crippen LogP contribution in [0.2, 0.25) is 0 Å². The van der Waals surface area contributed by atoms with Crippen LogP contribution in [0.15, 0.2) is 29.2 Å². The number of aromatic nitrogens is 4. The average molecular weight is 416 g/mol. The molecule has 3 heterocycles. The molecule has 1 N–H and O–H groups in total. The highest BCUT2D eigenvalue weighted by molar-refractivity contribution is 7.90. The maximum absolute atomic E-state index is 12.9. The molecule has 0 spiro atoms. The van der Waals surface area contributed by atoms with Crippen LogP contribution < -0.4 is 5.32 Å². The zero-order valence-electron chi connectivity index (χ0n) is 15.6. The molecular formula is C18H17N5O3S2. The summed E-state index contributed by atoms with van der Waals surface area (Å²) < 4.78 is 25.8. The topological polar surface area (TPSA) is 107 Å². The molecule has 1 amide bonds. The van der Waals surface area contributed by atoms with Crippen molar-refractivity contribution in [3.05, 3.63) is 41.2 Å². The van der Waals surface area contributed by atoms with Gasteiger partial charge in [0.2, 0.25) is 0 Å². The highest BCUT2D eigenvalue weighted by Gasteiger charge is 2.19. The van der Waals surface area contributed by atoms with Gasteiger partial charge in [0, 0.05) is 19.0 Å². The van der Waals surface area contributed by atoms with Gasteiger partial charge in [-0.15, -0.1) is 0 Å². The summed E-state index contributed by atoms with van der Waals surface area (Å²) in [6, 6.07) is 6.44. The molecule has 3 aromatic heterocycles. The maximum atomic E-state index is 12.9. The van der Waals surface area contributed by atoms with E-state index in [2.05, 4.69) is 20.4 Å². The number of amides is 1. The predicted molar refractivity (Wildman–Crippen MR) is 109 cm³/mol. The number of rotatable bonds is 3. The normalized spacial score (nSPS) is 12.0. The molecule has 28 heavy (non-hydrogen) atoms. The minimum atomic E-state index is -3.31. The van der Waals surface area contributed by atoms with Crippen molar-refractivity contribution < 1.29 is 13.2 Å². The fraction of sp³-hybridized carbons (Fsp3) is 0.222. The Bertz CT molecular complexity index is 1370. The molecule has 0 saturated carbocycles. The minimum absolute atomic E-state index is 0.221. The summed E-state index contributed by atoms with van der Waals surface area (Å²) in [7, 11) is -1.52. The maximum Gasteiger partial charge on any atom is 0.258 e. The van der Waals surface area contributed by atoms with Crippen LogP contribution in [-0.2, 0) is 16.9 Å². The summed E-state index contributed by atoms with van der Waals surface area (Å²) in [6.45, 7) is 3.66. The minimum Gasteiger partial charge on any atom is -0.298 e. The summed E-state index contributed by atoms with van der Waals surface area (Å²) in [5.74, 6) is -0.311. The molecule has 0 radical (unpaired) electrons. The highest BCUT2D eigenvalue weighted by Crippen LogP contribution is 2.29. The molecule has 4 aromatic rings. The number of carbonyl (C=O) groups excluding carboxylic acids is 1. The van der Waals surface area contributed by atoms with Crippen LogP contribution in [0.25, 0.3) is 21.3 Å². The Balaban J connectivity index is 1.74. The van der Waals surface area contributed by atoms with Crippen LogP contribution in [0.1, 0.15) is 21.7 Å². The molecule has 0 aliphatic carbocycles. The van der Waals surface area contributed by atoms with Gasteiger partial charge < -0.3 is 0 Å². The van der Waals surface area contributed by atoms with E-state index in [1.807, 2.05) is 13.8 Å². The molecular weight excluding hydrogens is 398 g/mol. The monoisotopic (exact) mass is 415 g/mol. The van der Waals surface area contributed by atoms with E-state index in [0.717, 1.165) is 11.9 Å². The molecule has 0 aliphatic heterocycles. The molecule has 4 rings (SSSR count). The van der Waals surface area contributed by atoms with E-state index in [1.165, 1.54) is 17.4 Å². The summed E-state index contributed by atoms with van der Waals surface area (Å²) in [5, 5.41) is 8.27.